The van der Waals surface area contributed by atoms with Crippen LogP contribution in [-0.2, 0) is 9.59 Å². The number of rotatable bonds is 2. The Labute approximate surface area is 111 Å². The van der Waals surface area contributed by atoms with Gasteiger partial charge in [0.25, 0.3) is 17.6 Å². The van der Waals surface area contributed by atoms with Crippen molar-refractivity contribution in [1.82, 2.24) is 5.43 Å². The number of benzene rings is 1. The highest BCUT2D eigenvalue weighted by atomic mass is 79.9. The van der Waals surface area contributed by atoms with Crippen molar-refractivity contribution in [2.45, 2.75) is 13.0 Å². The van der Waals surface area contributed by atoms with Gasteiger partial charge in [-0.3, -0.25) is 24.7 Å². The van der Waals surface area contributed by atoms with Crippen LogP contribution in [0.2, 0.25) is 0 Å². The van der Waals surface area contributed by atoms with Gasteiger partial charge in [-0.1, -0.05) is 6.07 Å². The molecule has 0 radical (unpaired) electrons. The molecule has 1 aromatic rings. The minimum atomic E-state index is -0.855. The summed E-state index contributed by atoms with van der Waals surface area (Å²) in [7, 11) is 0. The van der Waals surface area contributed by atoms with Gasteiger partial charge in [0.2, 0.25) is 0 Å². The molecule has 1 unspecified atom stereocenters. The minimum Gasteiger partial charge on any atom is -0.292 e. The number of hydrogen-bond donors (Lipinski definition) is 2. The summed E-state index contributed by atoms with van der Waals surface area (Å²) in [5.74, 6) is 3.15. The first-order valence-electron chi connectivity index (χ1n) is 5.16. The molecule has 0 saturated heterocycles. The second kappa shape index (κ2) is 4.51. The molecule has 7 heteroatoms. The number of Topliss-reactive ketones (excluding diaryl/α,β-unsaturated/α-hetero) is 1. The van der Waals surface area contributed by atoms with Crippen molar-refractivity contribution < 1.29 is 14.4 Å². The van der Waals surface area contributed by atoms with E-state index in [0.29, 0.717) is 10.2 Å². The molecule has 2 amide bonds. The maximum atomic E-state index is 11.9. The zero-order valence-electron chi connectivity index (χ0n) is 9.44. The Morgan fingerprint density at radius 3 is 2.72 bits per heavy atom. The van der Waals surface area contributed by atoms with Crippen molar-refractivity contribution in [1.29, 1.82) is 0 Å². The summed E-state index contributed by atoms with van der Waals surface area (Å²) in [4.78, 5) is 36.4. The van der Waals surface area contributed by atoms with Crippen LogP contribution in [0, 0.1) is 0 Å². The van der Waals surface area contributed by atoms with Gasteiger partial charge in [0.05, 0.1) is 11.3 Å². The van der Waals surface area contributed by atoms with Crippen molar-refractivity contribution in [2.24, 2.45) is 5.84 Å². The van der Waals surface area contributed by atoms with E-state index < -0.39 is 23.6 Å². The first kappa shape index (κ1) is 12.7. The number of nitrogens with two attached hydrogens (primary N) is 1. The van der Waals surface area contributed by atoms with Crippen LogP contribution in [0.1, 0.15) is 17.3 Å². The smallest absolute Gasteiger partial charge is 0.292 e. The fourth-order valence-electron chi connectivity index (χ4n) is 1.88. The highest BCUT2D eigenvalue weighted by molar-refractivity contribution is 9.10. The van der Waals surface area contributed by atoms with E-state index in [0.717, 1.165) is 4.90 Å². The SMILES string of the molecule is CC(C(=O)NN)N1C(=O)C(=O)c2cccc(Br)c21. The molecule has 18 heavy (non-hydrogen) atoms. The second-order valence-electron chi connectivity index (χ2n) is 3.82. The predicted molar refractivity (Wildman–Crippen MR) is 67.8 cm³/mol. The van der Waals surface area contributed by atoms with Crippen LogP contribution in [0.15, 0.2) is 22.7 Å². The van der Waals surface area contributed by atoms with E-state index in [-0.39, 0.29) is 5.56 Å². The Bertz CT molecular complexity index is 558. The van der Waals surface area contributed by atoms with Gasteiger partial charge in [0, 0.05) is 4.47 Å². The topological polar surface area (TPSA) is 92.5 Å². The van der Waals surface area contributed by atoms with Gasteiger partial charge in [-0.15, -0.1) is 0 Å². The molecule has 2 rings (SSSR count). The lowest BCUT2D eigenvalue weighted by Crippen LogP contribution is -2.49. The molecule has 1 aliphatic rings. The molecule has 0 aromatic heterocycles. The minimum absolute atomic E-state index is 0.283. The van der Waals surface area contributed by atoms with Gasteiger partial charge in [-0.25, -0.2) is 5.84 Å². The Morgan fingerprint density at radius 1 is 1.44 bits per heavy atom. The van der Waals surface area contributed by atoms with Crippen LogP contribution in [0.25, 0.3) is 0 Å². The van der Waals surface area contributed by atoms with E-state index in [1.54, 1.807) is 18.2 Å². The number of halogens is 1. The second-order valence-corrected chi connectivity index (χ2v) is 4.68. The molecule has 1 heterocycles. The summed E-state index contributed by atoms with van der Waals surface area (Å²) in [5, 5.41) is 0. The van der Waals surface area contributed by atoms with Crippen LogP contribution in [0.3, 0.4) is 0 Å². The van der Waals surface area contributed by atoms with Gasteiger partial charge in [-0.2, -0.15) is 0 Å². The number of ketones is 1. The highest BCUT2D eigenvalue weighted by Crippen LogP contribution is 2.37. The van der Waals surface area contributed by atoms with E-state index in [9.17, 15) is 14.4 Å². The fraction of sp³-hybridized carbons (Fsp3) is 0.182. The predicted octanol–water partition coefficient (Wildman–Crippen LogP) is 0.357. The zero-order chi connectivity index (χ0) is 13.4. The summed E-state index contributed by atoms with van der Waals surface area (Å²) in [6.45, 7) is 1.50. The van der Waals surface area contributed by atoms with Gasteiger partial charge < -0.3 is 0 Å². The lowest BCUT2D eigenvalue weighted by Gasteiger charge is -2.23. The van der Waals surface area contributed by atoms with E-state index in [2.05, 4.69) is 15.9 Å². The van der Waals surface area contributed by atoms with Crippen LogP contribution in [0.4, 0.5) is 5.69 Å². The summed E-state index contributed by atoms with van der Waals surface area (Å²) < 4.78 is 0.580. The number of carbonyl (C=O) groups excluding carboxylic acids is 3. The number of hydrazine groups is 1. The van der Waals surface area contributed by atoms with Crippen LogP contribution < -0.4 is 16.2 Å². The van der Waals surface area contributed by atoms with E-state index in [1.165, 1.54) is 6.92 Å². The van der Waals surface area contributed by atoms with E-state index in [4.69, 9.17) is 5.84 Å². The number of carbonyl (C=O) groups is 3. The van der Waals surface area contributed by atoms with Crippen molar-refractivity contribution >= 4 is 39.2 Å². The maximum absolute atomic E-state index is 11.9. The molecular weight excluding hydrogens is 302 g/mol. The quantitative estimate of drug-likeness (QED) is 0.357. The molecule has 6 nitrogen and oxygen atoms in total. The van der Waals surface area contributed by atoms with Crippen molar-refractivity contribution in [3.8, 4) is 0 Å². The standard InChI is InChI=1S/C11H10BrN3O3/c1-5(10(17)14-13)15-8-6(9(16)11(15)18)3-2-4-7(8)12/h2-5H,13H2,1H3,(H,14,17). The van der Waals surface area contributed by atoms with Crippen LogP contribution >= 0.6 is 15.9 Å². The molecule has 1 aliphatic heterocycles. The number of nitrogens with zero attached hydrogens (tertiary/aromatic N) is 1. The van der Waals surface area contributed by atoms with Crippen LogP contribution in [0.5, 0.6) is 0 Å². The van der Waals surface area contributed by atoms with Gasteiger partial charge >= 0.3 is 0 Å². The largest absolute Gasteiger partial charge is 0.300 e. The third kappa shape index (κ3) is 1.72. The number of para-hydroxylation sites is 1. The molecule has 94 valence electrons. The molecule has 0 saturated carbocycles. The Morgan fingerprint density at radius 2 is 2.11 bits per heavy atom. The summed E-state index contributed by atoms with van der Waals surface area (Å²) in [5.41, 5.74) is 2.66. The molecular formula is C11H10BrN3O3. The van der Waals surface area contributed by atoms with Crippen molar-refractivity contribution in [2.75, 3.05) is 4.90 Å². The third-order valence-electron chi connectivity index (χ3n) is 2.79. The van der Waals surface area contributed by atoms with Crippen molar-refractivity contribution in [3.05, 3.63) is 28.2 Å². The van der Waals surface area contributed by atoms with Crippen molar-refractivity contribution in [3.63, 3.8) is 0 Å². The molecule has 0 spiro atoms. The normalized spacial score (nSPS) is 15.6. The molecule has 0 bridgehead atoms. The lowest BCUT2D eigenvalue weighted by atomic mass is 10.1. The van der Waals surface area contributed by atoms with Crippen LogP contribution in [-0.4, -0.2) is 23.6 Å². The Balaban J connectivity index is 2.55. The average molecular weight is 312 g/mol. The van der Waals surface area contributed by atoms with Gasteiger partial charge in [0.1, 0.15) is 6.04 Å². The molecule has 3 N–H and O–H groups in total. The summed E-state index contributed by atoms with van der Waals surface area (Å²) >= 11 is 3.27. The van der Waals surface area contributed by atoms with Gasteiger partial charge in [-0.05, 0) is 35.0 Å². The highest BCUT2D eigenvalue weighted by Gasteiger charge is 2.41. The summed E-state index contributed by atoms with van der Waals surface area (Å²) in [6.07, 6.45) is 0. The number of fused-ring (bicyclic) bond motifs is 1. The number of hydrogen-bond acceptors (Lipinski definition) is 4. The zero-order valence-corrected chi connectivity index (χ0v) is 11.0. The molecule has 0 fully saturated rings. The Hall–Kier alpha value is -1.73. The summed E-state index contributed by atoms with van der Waals surface area (Å²) in [6, 6.07) is 4.05. The van der Waals surface area contributed by atoms with E-state index in [1.807, 2.05) is 5.43 Å². The monoisotopic (exact) mass is 311 g/mol. The number of anilines is 1. The number of nitrogens with one attached hydrogen (secondary N) is 1. The fourth-order valence-corrected chi connectivity index (χ4v) is 2.43. The first-order valence-corrected chi connectivity index (χ1v) is 5.95. The molecule has 1 aromatic carbocycles. The van der Waals surface area contributed by atoms with Gasteiger partial charge in [0.15, 0.2) is 0 Å². The maximum Gasteiger partial charge on any atom is 0.300 e. The first-order chi connectivity index (χ1) is 8.49. The molecule has 1 atom stereocenters. The number of amides is 2. The lowest BCUT2D eigenvalue weighted by molar-refractivity contribution is -0.124. The Kier molecular flexibility index (Phi) is 3.18. The third-order valence-corrected chi connectivity index (χ3v) is 3.43. The van der Waals surface area contributed by atoms with E-state index >= 15 is 0 Å². The molecule has 0 aliphatic carbocycles. The average Bonchev–Trinajstić information content (AvgIpc) is 2.62.